The Morgan fingerprint density at radius 3 is 2.39 bits per heavy atom. The first-order valence-electron chi connectivity index (χ1n) is 10.4. The molecule has 2 heterocycles. The lowest BCUT2D eigenvalue weighted by Gasteiger charge is -2.36. The van der Waals surface area contributed by atoms with Crippen LogP contribution in [0.4, 0.5) is 5.69 Å². The number of amidine groups is 1. The van der Waals surface area contributed by atoms with Crippen LogP contribution in [0.5, 0.6) is 5.75 Å². The summed E-state index contributed by atoms with van der Waals surface area (Å²) in [6.45, 7) is 3.80. The fourth-order valence-corrected chi connectivity index (χ4v) is 4.81. The van der Waals surface area contributed by atoms with Gasteiger partial charge in [0.1, 0.15) is 5.75 Å². The first kappa shape index (κ1) is 22.7. The number of allylic oxidation sites excluding steroid dienone is 1. The number of ether oxygens (including phenoxy) is 2. The molecule has 2 aliphatic heterocycles. The van der Waals surface area contributed by atoms with Gasteiger partial charge in [-0.05, 0) is 49.1 Å². The summed E-state index contributed by atoms with van der Waals surface area (Å²) in [6.07, 6.45) is 0.139. The van der Waals surface area contributed by atoms with Crippen LogP contribution in [0.15, 0.2) is 75.9 Å². The summed E-state index contributed by atoms with van der Waals surface area (Å²) < 4.78 is 10.4. The lowest BCUT2D eigenvalue weighted by molar-refractivity contribution is -0.136. The van der Waals surface area contributed by atoms with Crippen LogP contribution in [0.3, 0.4) is 0 Å². The number of aryl methyl sites for hydroxylation is 1. The van der Waals surface area contributed by atoms with Crippen LogP contribution in [0, 0.1) is 6.92 Å². The average Bonchev–Trinajstić information content (AvgIpc) is 3.21. The molecule has 1 N–H and O–H groups in total. The number of hydrogen-bond acceptors (Lipinski definition) is 7. The van der Waals surface area contributed by atoms with Crippen LogP contribution < -0.4 is 10.1 Å². The molecule has 0 aromatic heterocycles. The second kappa shape index (κ2) is 9.54. The standard InChI is InChI=1S/C25H25N3O4S/c1-15-5-9-18(10-6-15)27-21(29)13-19-14-33-25-26-16(2)22(24(30)32-4)23(28(19)25)17-7-11-20(31-3)12-8-17/h5-12,14,23H,13H2,1-4H3,(H,27,29). The van der Waals surface area contributed by atoms with Crippen molar-refractivity contribution in [1.82, 2.24) is 4.90 Å². The van der Waals surface area contributed by atoms with Crippen LogP contribution >= 0.6 is 11.8 Å². The van der Waals surface area contributed by atoms with E-state index in [0.717, 1.165) is 27.7 Å². The third kappa shape index (κ3) is 4.66. The number of carbonyl (C=O) groups excluding carboxylic acids is 2. The third-order valence-electron chi connectivity index (χ3n) is 5.51. The topological polar surface area (TPSA) is 80.2 Å². The number of rotatable bonds is 6. The highest BCUT2D eigenvalue weighted by molar-refractivity contribution is 8.16. The maximum absolute atomic E-state index is 12.8. The first-order chi connectivity index (χ1) is 15.9. The molecule has 0 saturated heterocycles. The number of benzene rings is 2. The maximum atomic E-state index is 12.8. The van der Waals surface area contributed by atoms with Gasteiger partial charge in [-0.25, -0.2) is 9.79 Å². The molecule has 2 aromatic rings. The van der Waals surface area contributed by atoms with Crippen LogP contribution in [0.25, 0.3) is 0 Å². The van der Waals surface area contributed by atoms with Crippen molar-refractivity contribution in [1.29, 1.82) is 0 Å². The largest absolute Gasteiger partial charge is 0.497 e. The van der Waals surface area contributed by atoms with Gasteiger partial charge in [0.2, 0.25) is 5.91 Å². The van der Waals surface area contributed by atoms with Gasteiger partial charge in [-0.1, -0.05) is 41.6 Å². The number of methoxy groups -OCH3 is 2. The molecule has 4 rings (SSSR count). The van der Waals surface area contributed by atoms with Gasteiger partial charge in [0.15, 0.2) is 5.17 Å². The van der Waals surface area contributed by atoms with Crippen molar-refractivity contribution in [2.24, 2.45) is 4.99 Å². The summed E-state index contributed by atoms with van der Waals surface area (Å²) in [5, 5.41) is 5.58. The van der Waals surface area contributed by atoms with Crippen molar-refractivity contribution in [3.05, 3.63) is 82.0 Å². The van der Waals surface area contributed by atoms with Gasteiger partial charge in [-0.15, -0.1) is 0 Å². The van der Waals surface area contributed by atoms with Crippen molar-refractivity contribution in [3.8, 4) is 5.75 Å². The smallest absolute Gasteiger partial charge is 0.338 e. The van der Waals surface area contributed by atoms with E-state index in [1.165, 1.54) is 18.9 Å². The Balaban J connectivity index is 1.65. The van der Waals surface area contributed by atoms with E-state index >= 15 is 0 Å². The molecular weight excluding hydrogens is 438 g/mol. The van der Waals surface area contributed by atoms with Crippen molar-refractivity contribution in [2.45, 2.75) is 26.3 Å². The van der Waals surface area contributed by atoms with E-state index in [1.807, 2.05) is 65.8 Å². The number of aliphatic imine (C=N–C) groups is 1. The SMILES string of the molecule is COC(=O)C1=C(C)N=C2SC=C(CC(=O)Nc3ccc(C)cc3)N2C1c1ccc(OC)cc1. The number of nitrogens with zero attached hydrogens (tertiary/aromatic N) is 2. The molecule has 33 heavy (non-hydrogen) atoms. The van der Waals surface area contributed by atoms with Gasteiger partial charge < -0.3 is 19.7 Å². The van der Waals surface area contributed by atoms with Crippen molar-refractivity contribution < 1.29 is 19.1 Å². The summed E-state index contributed by atoms with van der Waals surface area (Å²) in [5.41, 5.74) is 4.53. The first-order valence-corrected chi connectivity index (χ1v) is 11.3. The number of esters is 1. The zero-order valence-electron chi connectivity index (χ0n) is 18.9. The van der Waals surface area contributed by atoms with E-state index in [4.69, 9.17) is 9.47 Å². The quantitative estimate of drug-likeness (QED) is 0.621. The fourth-order valence-electron chi connectivity index (χ4n) is 3.85. The Morgan fingerprint density at radius 1 is 1.06 bits per heavy atom. The normalized spacial score (nSPS) is 17.2. The summed E-state index contributed by atoms with van der Waals surface area (Å²) >= 11 is 1.44. The number of anilines is 1. The molecule has 0 radical (unpaired) electrons. The van der Waals surface area contributed by atoms with E-state index in [0.29, 0.717) is 17.0 Å². The molecular formula is C25H25N3O4S. The van der Waals surface area contributed by atoms with Crippen molar-refractivity contribution in [2.75, 3.05) is 19.5 Å². The maximum Gasteiger partial charge on any atom is 0.338 e. The summed E-state index contributed by atoms with van der Waals surface area (Å²) in [7, 11) is 2.96. The monoisotopic (exact) mass is 463 g/mol. The van der Waals surface area contributed by atoms with E-state index < -0.39 is 12.0 Å². The Hall–Kier alpha value is -3.52. The van der Waals surface area contributed by atoms with Crippen molar-refractivity contribution >= 4 is 34.5 Å². The number of amides is 1. The minimum Gasteiger partial charge on any atom is -0.497 e. The zero-order chi connectivity index (χ0) is 23.5. The minimum atomic E-state index is -0.468. The Labute approximate surface area is 197 Å². The molecule has 0 saturated carbocycles. The summed E-state index contributed by atoms with van der Waals surface area (Å²) in [6, 6.07) is 14.7. The molecule has 2 aliphatic rings. The second-order valence-electron chi connectivity index (χ2n) is 7.75. The van der Waals surface area contributed by atoms with Crippen LogP contribution in [0.1, 0.15) is 30.5 Å². The lowest BCUT2D eigenvalue weighted by Crippen LogP contribution is -2.37. The van der Waals surface area contributed by atoms with E-state index in [-0.39, 0.29) is 12.3 Å². The Bertz CT molecular complexity index is 1170. The molecule has 2 aromatic carbocycles. The number of thioether (sulfide) groups is 1. The fraction of sp³-hybridized carbons (Fsp3) is 0.240. The molecule has 0 bridgehead atoms. The lowest BCUT2D eigenvalue weighted by atomic mass is 9.94. The molecule has 0 spiro atoms. The van der Waals surface area contributed by atoms with Gasteiger partial charge >= 0.3 is 5.97 Å². The van der Waals surface area contributed by atoms with Crippen molar-refractivity contribution in [3.63, 3.8) is 0 Å². The molecule has 0 aliphatic carbocycles. The molecule has 1 unspecified atom stereocenters. The third-order valence-corrected chi connectivity index (χ3v) is 6.40. The molecule has 1 amide bonds. The summed E-state index contributed by atoms with van der Waals surface area (Å²) in [5.74, 6) is 0.121. The Morgan fingerprint density at radius 2 is 1.76 bits per heavy atom. The molecule has 1 atom stereocenters. The van der Waals surface area contributed by atoms with Crippen LogP contribution in [-0.4, -0.2) is 36.2 Å². The van der Waals surface area contributed by atoms with Gasteiger partial charge in [0.05, 0.1) is 38.0 Å². The van der Waals surface area contributed by atoms with Gasteiger partial charge in [-0.3, -0.25) is 4.79 Å². The number of hydrogen-bond donors (Lipinski definition) is 1. The molecule has 7 nitrogen and oxygen atoms in total. The zero-order valence-corrected chi connectivity index (χ0v) is 19.7. The second-order valence-corrected chi connectivity index (χ2v) is 8.59. The van der Waals surface area contributed by atoms with Crippen LogP contribution in [-0.2, 0) is 14.3 Å². The Kier molecular flexibility index (Phi) is 6.55. The van der Waals surface area contributed by atoms with E-state index in [9.17, 15) is 9.59 Å². The highest BCUT2D eigenvalue weighted by Crippen LogP contribution is 2.45. The van der Waals surface area contributed by atoms with E-state index in [1.54, 1.807) is 14.0 Å². The van der Waals surface area contributed by atoms with E-state index in [2.05, 4.69) is 10.3 Å². The predicted molar refractivity (Wildman–Crippen MR) is 130 cm³/mol. The number of fused-ring (bicyclic) bond motifs is 1. The van der Waals surface area contributed by atoms with Gasteiger partial charge in [0, 0.05) is 11.4 Å². The molecule has 0 fully saturated rings. The van der Waals surface area contributed by atoms with Gasteiger partial charge in [0.25, 0.3) is 0 Å². The minimum absolute atomic E-state index is 0.139. The number of carbonyl (C=O) groups is 2. The predicted octanol–water partition coefficient (Wildman–Crippen LogP) is 4.78. The van der Waals surface area contributed by atoms with Crippen LogP contribution in [0.2, 0.25) is 0 Å². The number of nitrogens with one attached hydrogen (secondary N) is 1. The van der Waals surface area contributed by atoms with Gasteiger partial charge in [-0.2, -0.15) is 0 Å². The highest BCUT2D eigenvalue weighted by atomic mass is 32.2. The highest BCUT2D eigenvalue weighted by Gasteiger charge is 2.40. The molecule has 8 heteroatoms. The average molecular weight is 464 g/mol. The molecule has 170 valence electrons. The summed E-state index contributed by atoms with van der Waals surface area (Å²) in [4.78, 5) is 32.2.